The van der Waals surface area contributed by atoms with Crippen molar-refractivity contribution in [3.8, 4) is 27.9 Å². The highest BCUT2D eigenvalue weighted by atomic mass is 35.5. The molecule has 0 bridgehead atoms. The number of fused-ring (bicyclic) bond motifs is 9. The van der Waals surface area contributed by atoms with Crippen LogP contribution in [-0.4, -0.2) is 73.3 Å². The Morgan fingerprint density at radius 2 is 0.800 bits per heavy atom. The maximum atomic E-state index is 12.9. The van der Waals surface area contributed by atoms with Gasteiger partial charge in [-0.3, -0.25) is 33.9 Å². The van der Waals surface area contributed by atoms with Gasteiger partial charge in [-0.25, -0.2) is 0 Å². The Bertz CT molecular complexity index is 3920. The monoisotopic (exact) mass is 1250 g/mol. The molecule has 0 amide bonds. The molecule has 90 heavy (non-hydrogen) atoms. The van der Waals surface area contributed by atoms with Gasteiger partial charge in [0.2, 0.25) is 0 Å². The summed E-state index contributed by atoms with van der Waals surface area (Å²) in [5.41, 5.74) is 18.4. The first-order valence-electron chi connectivity index (χ1n) is 30.5. The largest absolute Gasteiger partial charge is 0.358 e. The Morgan fingerprint density at radius 3 is 1.20 bits per heavy atom. The topological polar surface area (TPSA) is 186 Å². The predicted octanol–water partition coefficient (Wildman–Crippen LogP) is 16.1. The van der Waals surface area contributed by atoms with Crippen LogP contribution in [0, 0.1) is 64.7 Å². The summed E-state index contributed by atoms with van der Waals surface area (Å²) in [6.07, 6.45) is 7.10. The van der Waals surface area contributed by atoms with E-state index in [4.69, 9.17) is 47.2 Å². The van der Waals surface area contributed by atoms with Gasteiger partial charge in [0.15, 0.2) is 17.3 Å². The zero-order chi connectivity index (χ0) is 65.4. The minimum absolute atomic E-state index is 0.135. The van der Waals surface area contributed by atoms with Crippen molar-refractivity contribution in [3.63, 3.8) is 0 Å². The van der Waals surface area contributed by atoms with Crippen molar-refractivity contribution >= 4 is 57.7 Å². The number of rotatable bonds is 9. The van der Waals surface area contributed by atoms with Gasteiger partial charge in [0.1, 0.15) is 41.3 Å². The third-order valence-corrected chi connectivity index (χ3v) is 18.0. The molecule has 0 saturated heterocycles. The van der Waals surface area contributed by atoms with Crippen LogP contribution in [0.4, 0.5) is 0 Å². The Kier molecular flexibility index (Phi) is 17.6. The molecule has 0 radical (unpaired) electrons. The van der Waals surface area contributed by atoms with Crippen LogP contribution in [0.5, 0.6) is 0 Å². The molecular weight excluding hydrogens is 1170 g/mol. The summed E-state index contributed by atoms with van der Waals surface area (Å²) >= 11 is 12.3. The molecule has 468 valence electrons. The molecule has 12 rings (SSSR count). The van der Waals surface area contributed by atoms with Crippen molar-refractivity contribution in [1.29, 1.82) is 0 Å². The van der Waals surface area contributed by atoms with Gasteiger partial charge in [0.05, 0.1) is 45.3 Å². The minimum atomic E-state index is -0.456. The molecule has 0 fully saturated rings. The lowest BCUT2D eigenvalue weighted by Gasteiger charge is -2.19. The number of carbonyl (C=O) groups is 3. The molecule has 3 atom stereocenters. The van der Waals surface area contributed by atoms with Crippen LogP contribution in [0.1, 0.15) is 190 Å². The average molecular weight is 1250 g/mol. The first-order valence-corrected chi connectivity index (χ1v) is 31.2. The minimum Gasteiger partial charge on any atom is -0.358 e. The standard InChI is InChI=1S/C25H29N3O2.C24H26ClN3O2.C23H26ClN5O/c1-14-8-10-17(11-9-14)23-22-16(3)28(7)13-18(22)21-15(2)27-30-24(21)19(26-23)12-20(29)25(4,5)6;1-13-20-17-12-28(6)14(2)21(17)22(15-7-9-16(25)10-8-15)26-18(23(20)30-27-13)11-19(29)24(3,4)5;1-13-20-18(12-28(13)6)29-14(2)26-27-22(29)17(11-19(30)23(3,4)5)25-21(20)15-7-9-16(24)10-8-15/h8-11,13,19H,12H2,1-7H3;7-10,12,18H,11H2,1-6H3;7-10,12,17H,11H2,1-6H3/t19-;18-;17-/m000/s1. The van der Waals surface area contributed by atoms with Gasteiger partial charge in [-0.05, 0) is 72.7 Å². The molecule has 0 spiro atoms. The van der Waals surface area contributed by atoms with Gasteiger partial charge in [0.25, 0.3) is 0 Å². The number of ketones is 3. The van der Waals surface area contributed by atoms with Crippen molar-refractivity contribution in [2.45, 2.75) is 148 Å². The first-order chi connectivity index (χ1) is 42.2. The third-order valence-electron chi connectivity index (χ3n) is 17.5. The highest BCUT2D eigenvalue weighted by molar-refractivity contribution is 6.31. The van der Waals surface area contributed by atoms with Gasteiger partial charge in [0, 0.05) is 147 Å². The summed E-state index contributed by atoms with van der Waals surface area (Å²) in [5, 5.41) is 18.6. The van der Waals surface area contributed by atoms with Crippen LogP contribution in [0.15, 0.2) is 115 Å². The van der Waals surface area contributed by atoms with Crippen molar-refractivity contribution in [1.82, 2.24) is 38.8 Å². The van der Waals surface area contributed by atoms with Crippen LogP contribution in [0.3, 0.4) is 0 Å². The number of halogens is 2. The van der Waals surface area contributed by atoms with Gasteiger partial charge in [-0.2, -0.15) is 0 Å². The van der Waals surface area contributed by atoms with E-state index in [1.807, 2.05) is 157 Å². The zero-order valence-corrected chi connectivity index (χ0v) is 56.7. The van der Waals surface area contributed by atoms with E-state index in [1.54, 1.807) is 0 Å². The van der Waals surface area contributed by atoms with Gasteiger partial charge in [-0.1, -0.05) is 150 Å². The molecule has 0 N–H and O–H groups in total. The maximum Gasteiger partial charge on any atom is 0.169 e. The van der Waals surface area contributed by atoms with Crippen LogP contribution < -0.4 is 0 Å². The van der Waals surface area contributed by atoms with E-state index < -0.39 is 34.4 Å². The average Bonchev–Trinajstić information content (AvgIpc) is 1.61. The van der Waals surface area contributed by atoms with Gasteiger partial charge >= 0.3 is 0 Å². The van der Waals surface area contributed by atoms with E-state index in [1.165, 1.54) is 5.56 Å². The van der Waals surface area contributed by atoms with Crippen molar-refractivity contribution in [3.05, 3.63) is 192 Å². The normalized spacial score (nSPS) is 16.0. The molecular formula is C72H81Cl2N11O5. The van der Waals surface area contributed by atoms with Gasteiger partial charge < -0.3 is 22.7 Å². The molecule has 18 heteroatoms. The summed E-state index contributed by atoms with van der Waals surface area (Å²) in [6.45, 7) is 31.6. The summed E-state index contributed by atoms with van der Waals surface area (Å²) in [4.78, 5) is 54.2. The molecule has 0 saturated carbocycles. The molecule has 0 unspecified atom stereocenters. The predicted molar refractivity (Wildman–Crippen MR) is 357 cm³/mol. The van der Waals surface area contributed by atoms with E-state index in [-0.39, 0.29) is 36.6 Å². The number of nitrogens with zero attached hydrogens (tertiary/aromatic N) is 11. The fourth-order valence-electron chi connectivity index (χ4n) is 11.7. The number of carbonyl (C=O) groups excluding carboxylic acids is 3. The summed E-state index contributed by atoms with van der Waals surface area (Å²) in [6, 6.07) is 22.5. The second-order valence-corrected chi connectivity index (χ2v) is 28.1. The van der Waals surface area contributed by atoms with Crippen LogP contribution in [-0.2, 0) is 35.5 Å². The number of hydrogen-bond acceptors (Lipinski definition) is 12. The zero-order valence-electron chi connectivity index (χ0n) is 55.2. The second kappa shape index (κ2) is 24.5. The van der Waals surface area contributed by atoms with E-state index in [0.29, 0.717) is 27.4 Å². The number of Topliss-reactive ketones (excluding diaryl/α,β-unsaturated/α-hetero) is 3. The quantitative estimate of drug-likeness (QED) is 0.136. The molecule has 6 aromatic heterocycles. The number of aliphatic imine (C=N–C) groups is 3. The summed E-state index contributed by atoms with van der Waals surface area (Å²) in [7, 11) is 6.08. The summed E-state index contributed by atoms with van der Waals surface area (Å²) < 4.78 is 19.9. The molecule has 0 aliphatic carbocycles. The fraction of sp³-hybridized carbons (Fsp3) is 0.389. The molecule has 3 aromatic carbocycles. The lowest BCUT2D eigenvalue weighted by Crippen LogP contribution is -2.23. The highest BCUT2D eigenvalue weighted by Gasteiger charge is 2.39. The van der Waals surface area contributed by atoms with Crippen molar-refractivity contribution < 1.29 is 23.4 Å². The molecule has 16 nitrogen and oxygen atoms in total. The van der Waals surface area contributed by atoms with E-state index in [9.17, 15) is 14.4 Å². The van der Waals surface area contributed by atoms with E-state index in [0.717, 1.165) is 113 Å². The van der Waals surface area contributed by atoms with Gasteiger partial charge in [-0.15, -0.1) is 10.2 Å². The molecule has 9 heterocycles. The van der Waals surface area contributed by atoms with Crippen LogP contribution >= 0.6 is 23.2 Å². The molecule has 9 aromatic rings. The number of aromatic nitrogens is 8. The highest BCUT2D eigenvalue weighted by Crippen LogP contribution is 2.46. The number of aryl methyl sites for hydroxylation is 7. The Morgan fingerprint density at radius 1 is 0.456 bits per heavy atom. The van der Waals surface area contributed by atoms with Crippen molar-refractivity contribution in [2.24, 2.45) is 52.4 Å². The SMILES string of the molecule is Cc1c2c(cn1C)-n1c(C)nnc1[C@H](CC(=O)C(C)(C)C)N=C2c1ccc(Cl)cc1.Cc1ccc(C2=N[C@@H](CC(=O)C(C)(C)C)c3onc(C)c3-c3cn(C)c(C)c32)cc1.Cc1noc2c1-c1cn(C)c(C)c1C(c1ccc(Cl)cc1)=N[C@H]2CC(=O)C(C)(C)C. The van der Waals surface area contributed by atoms with Crippen LogP contribution in [0.25, 0.3) is 27.9 Å². The number of benzene rings is 3. The van der Waals surface area contributed by atoms with Crippen LogP contribution in [0.2, 0.25) is 10.0 Å². The fourth-order valence-corrected chi connectivity index (χ4v) is 11.9. The Balaban J connectivity index is 0.000000148. The lowest BCUT2D eigenvalue weighted by atomic mass is 9.86. The van der Waals surface area contributed by atoms with Crippen molar-refractivity contribution in [2.75, 3.05) is 0 Å². The van der Waals surface area contributed by atoms with E-state index >= 15 is 0 Å². The first kappa shape index (κ1) is 64.6. The summed E-state index contributed by atoms with van der Waals surface area (Å²) in [5.74, 6) is 3.24. The Hall–Kier alpha value is -8.34. The third kappa shape index (κ3) is 12.5. The smallest absolute Gasteiger partial charge is 0.169 e. The maximum absolute atomic E-state index is 12.9. The lowest BCUT2D eigenvalue weighted by molar-refractivity contribution is -0.127. The number of hydrogen-bond donors (Lipinski definition) is 0. The Labute approximate surface area is 537 Å². The molecule has 3 aliphatic rings. The van der Waals surface area contributed by atoms with E-state index in [2.05, 4.69) is 105 Å². The molecule has 3 aliphatic heterocycles. The second-order valence-electron chi connectivity index (χ2n) is 27.3.